The van der Waals surface area contributed by atoms with E-state index in [4.69, 9.17) is 9.47 Å². The average Bonchev–Trinajstić information content (AvgIpc) is 2.46. The number of hydrogen-bond donors (Lipinski definition) is 2. The quantitative estimate of drug-likeness (QED) is 0.826. The van der Waals surface area contributed by atoms with Gasteiger partial charge in [0.25, 0.3) is 5.91 Å². The van der Waals surface area contributed by atoms with Gasteiger partial charge in [0.2, 0.25) is 0 Å². The van der Waals surface area contributed by atoms with Crippen LogP contribution in [-0.2, 0) is 4.74 Å². The first kappa shape index (κ1) is 13.6. The molecule has 0 spiro atoms. The fourth-order valence-corrected chi connectivity index (χ4v) is 1.86. The zero-order valence-electron chi connectivity index (χ0n) is 10.9. The van der Waals surface area contributed by atoms with Gasteiger partial charge in [-0.05, 0) is 18.2 Å². The van der Waals surface area contributed by atoms with Crippen LogP contribution in [0, 0.1) is 0 Å². The Bertz CT molecular complexity index is 444. The van der Waals surface area contributed by atoms with E-state index in [0.29, 0.717) is 25.6 Å². The van der Waals surface area contributed by atoms with Gasteiger partial charge < -0.3 is 19.9 Å². The number of methoxy groups -OCH3 is 1. The van der Waals surface area contributed by atoms with Crippen molar-refractivity contribution >= 4 is 5.91 Å². The predicted octanol–water partition coefficient (Wildman–Crippen LogP) is 0.420. The predicted molar refractivity (Wildman–Crippen MR) is 69.4 cm³/mol. The Morgan fingerprint density at radius 2 is 2.21 bits per heavy atom. The minimum absolute atomic E-state index is 0.0553. The summed E-state index contributed by atoms with van der Waals surface area (Å²) in [5, 5.41) is 12.5. The molecule has 1 amide bonds. The number of nitrogens with one attached hydrogen (secondary N) is 1. The number of rotatable bonds is 4. The van der Waals surface area contributed by atoms with E-state index >= 15 is 0 Å². The second kappa shape index (κ2) is 6.40. The minimum atomic E-state index is -0.317. The number of nitrogens with zero attached hydrogens (tertiary/aromatic N) is 1. The molecule has 0 saturated carbocycles. The molecule has 1 aromatic carbocycles. The van der Waals surface area contributed by atoms with E-state index < -0.39 is 0 Å². The summed E-state index contributed by atoms with van der Waals surface area (Å²) in [6.07, 6.45) is 0. The summed E-state index contributed by atoms with van der Waals surface area (Å²) in [4.78, 5) is 14.1. The van der Waals surface area contributed by atoms with Crippen molar-refractivity contribution in [3.8, 4) is 11.5 Å². The third kappa shape index (κ3) is 3.59. The highest BCUT2D eigenvalue weighted by Gasteiger charge is 2.15. The van der Waals surface area contributed by atoms with Crippen LogP contribution >= 0.6 is 0 Å². The summed E-state index contributed by atoms with van der Waals surface area (Å²) >= 11 is 0. The molecule has 1 saturated heterocycles. The van der Waals surface area contributed by atoms with Crippen molar-refractivity contribution in [2.24, 2.45) is 0 Å². The van der Waals surface area contributed by atoms with Gasteiger partial charge in [0, 0.05) is 13.1 Å². The molecule has 0 unspecified atom stereocenters. The van der Waals surface area contributed by atoms with Crippen LogP contribution < -0.4 is 10.1 Å². The van der Waals surface area contributed by atoms with Crippen LogP contribution in [-0.4, -0.2) is 56.0 Å². The molecule has 19 heavy (non-hydrogen) atoms. The lowest BCUT2D eigenvalue weighted by Crippen LogP contribution is -2.43. The van der Waals surface area contributed by atoms with Gasteiger partial charge in [-0.2, -0.15) is 0 Å². The van der Waals surface area contributed by atoms with E-state index in [9.17, 15) is 9.90 Å². The first-order valence-corrected chi connectivity index (χ1v) is 6.16. The summed E-state index contributed by atoms with van der Waals surface area (Å²) in [6.45, 7) is 3.40. The van der Waals surface area contributed by atoms with E-state index in [2.05, 4.69) is 10.2 Å². The van der Waals surface area contributed by atoms with E-state index in [-0.39, 0.29) is 17.2 Å². The van der Waals surface area contributed by atoms with Gasteiger partial charge >= 0.3 is 0 Å². The Morgan fingerprint density at radius 1 is 1.47 bits per heavy atom. The molecular formula is C13H18N2O4. The number of phenols is 1. The third-order valence-electron chi connectivity index (χ3n) is 3.02. The summed E-state index contributed by atoms with van der Waals surface area (Å²) in [5.41, 5.74) is 0.215. The molecule has 0 bridgehead atoms. The largest absolute Gasteiger partial charge is 0.507 e. The second-order valence-corrected chi connectivity index (χ2v) is 4.28. The SMILES string of the molecule is COc1ccc(O)c(C(=O)NCN2CCOCC2)c1. The molecule has 2 N–H and O–H groups in total. The van der Waals surface area contributed by atoms with E-state index in [1.165, 1.54) is 19.2 Å². The van der Waals surface area contributed by atoms with E-state index in [1.807, 2.05) is 0 Å². The first-order chi connectivity index (χ1) is 9.20. The summed E-state index contributed by atoms with van der Waals surface area (Å²) in [5.74, 6) is 0.164. The van der Waals surface area contributed by atoms with Crippen LogP contribution in [0.25, 0.3) is 0 Å². The molecule has 0 aliphatic carbocycles. The fraction of sp³-hybridized carbons (Fsp3) is 0.462. The van der Waals surface area contributed by atoms with Crippen LogP contribution in [0.5, 0.6) is 11.5 Å². The maximum Gasteiger partial charge on any atom is 0.256 e. The summed E-state index contributed by atoms with van der Waals surface area (Å²) in [6, 6.07) is 4.57. The standard InChI is InChI=1S/C13H18N2O4/c1-18-10-2-3-12(16)11(8-10)13(17)14-9-15-4-6-19-7-5-15/h2-3,8,16H,4-7,9H2,1H3,(H,14,17). The molecule has 2 rings (SSSR count). The second-order valence-electron chi connectivity index (χ2n) is 4.28. The zero-order chi connectivity index (χ0) is 13.7. The lowest BCUT2D eigenvalue weighted by atomic mass is 10.2. The number of aromatic hydroxyl groups is 1. The molecule has 6 heteroatoms. The van der Waals surface area contributed by atoms with Crippen molar-refractivity contribution in [3.05, 3.63) is 23.8 Å². The Labute approximate surface area is 111 Å². The third-order valence-corrected chi connectivity index (χ3v) is 3.02. The molecular weight excluding hydrogens is 248 g/mol. The van der Waals surface area contributed by atoms with Crippen molar-refractivity contribution in [1.82, 2.24) is 10.2 Å². The molecule has 1 heterocycles. The molecule has 0 aromatic heterocycles. The number of phenolic OH excluding ortho intramolecular Hbond substituents is 1. The van der Waals surface area contributed by atoms with Gasteiger partial charge in [-0.3, -0.25) is 9.69 Å². The number of morpholine rings is 1. The summed E-state index contributed by atoms with van der Waals surface area (Å²) in [7, 11) is 1.52. The van der Waals surface area contributed by atoms with Gasteiger partial charge in [0.1, 0.15) is 11.5 Å². The maximum absolute atomic E-state index is 12.0. The van der Waals surface area contributed by atoms with Crippen molar-refractivity contribution in [3.63, 3.8) is 0 Å². The Kier molecular flexibility index (Phi) is 4.59. The monoisotopic (exact) mass is 266 g/mol. The number of hydrogen-bond acceptors (Lipinski definition) is 5. The lowest BCUT2D eigenvalue weighted by Gasteiger charge is -2.26. The Balaban J connectivity index is 1.95. The van der Waals surface area contributed by atoms with Crippen LogP contribution in [0.1, 0.15) is 10.4 Å². The maximum atomic E-state index is 12.0. The van der Waals surface area contributed by atoms with Gasteiger partial charge in [-0.15, -0.1) is 0 Å². The highest BCUT2D eigenvalue weighted by atomic mass is 16.5. The van der Waals surface area contributed by atoms with Crippen LogP contribution in [0.3, 0.4) is 0 Å². The molecule has 1 fully saturated rings. The highest BCUT2D eigenvalue weighted by Crippen LogP contribution is 2.22. The average molecular weight is 266 g/mol. The molecule has 104 valence electrons. The Hall–Kier alpha value is -1.79. The molecule has 1 aliphatic rings. The van der Waals surface area contributed by atoms with Gasteiger partial charge in [0.05, 0.1) is 32.6 Å². The zero-order valence-corrected chi connectivity index (χ0v) is 10.9. The fourth-order valence-electron chi connectivity index (χ4n) is 1.86. The lowest BCUT2D eigenvalue weighted by molar-refractivity contribution is 0.0334. The number of carbonyl (C=O) groups excluding carboxylic acids is 1. The molecule has 6 nitrogen and oxygen atoms in total. The molecule has 0 atom stereocenters. The topological polar surface area (TPSA) is 71.0 Å². The van der Waals surface area contributed by atoms with Gasteiger partial charge in [-0.25, -0.2) is 0 Å². The number of benzene rings is 1. The van der Waals surface area contributed by atoms with Gasteiger partial charge in [0.15, 0.2) is 0 Å². The van der Waals surface area contributed by atoms with Crippen molar-refractivity contribution < 1.29 is 19.4 Å². The van der Waals surface area contributed by atoms with E-state index in [1.54, 1.807) is 6.07 Å². The number of carbonyl (C=O) groups is 1. The summed E-state index contributed by atoms with van der Waals surface area (Å²) < 4.78 is 10.3. The van der Waals surface area contributed by atoms with Crippen molar-refractivity contribution in [2.75, 3.05) is 40.1 Å². The minimum Gasteiger partial charge on any atom is -0.507 e. The van der Waals surface area contributed by atoms with Crippen LogP contribution in [0.15, 0.2) is 18.2 Å². The number of amides is 1. The van der Waals surface area contributed by atoms with Gasteiger partial charge in [-0.1, -0.05) is 0 Å². The van der Waals surface area contributed by atoms with Crippen molar-refractivity contribution in [2.45, 2.75) is 0 Å². The Morgan fingerprint density at radius 3 is 2.89 bits per heavy atom. The van der Waals surface area contributed by atoms with Crippen molar-refractivity contribution in [1.29, 1.82) is 0 Å². The molecule has 1 aromatic rings. The first-order valence-electron chi connectivity index (χ1n) is 6.16. The smallest absolute Gasteiger partial charge is 0.256 e. The highest BCUT2D eigenvalue weighted by molar-refractivity contribution is 5.97. The van der Waals surface area contributed by atoms with Crippen LogP contribution in [0.2, 0.25) is 0 Å². The molecule has 0 radical (unpaired) electrons. The van der Waals surface area contributed by atoms with Crippen LogP contribution in [0.4, 0.5) is 0 Å². The molecule has 1 aliphatic heterocycles. The van der Waals surface area contributed by atoms with E-state index in [0.717, 1.165) is 13.1 Å². The number of ether oxygens (including phenoxy) is 2. The normalized spacial score (nSPS) is 16.1.